The van der Waals surface area contributed by atoms with E-state index in [1.165, 1.54) is 0 Å². The molecule has 0 aliphatic carbocycles. The van der Waals surface area contributed by atoms with Gasteiger partial charge in [-0.1, -0.05) is 0 Å². The van der Waals surface area contributed by atoms with Crippen molar-refractivity contribution < 1.29 is 4.74 Å². The van der Waals surface area contributed by atoms with Gasteiger partial charge in [-0.2, -0.15) is 0 Å². The number of benzene rings is 2. The maximum Gasteiger partial charge on any atom is 0.121 e. The van der Waals surface area contributed by atoms with E-state index in [1.54, 1.807) is 13.3 Å². The molecule has 0 aliphatic rings. The molecule has 3 rings (SSSR count). The fourth-order valence-corrected chi connectivity index (χ4v) is 2.41. The number of ether oxygens (including phenoxy) is 1. The zero-order valence-corrected chi connectivity index (χ0v) is 12.1. The second-order valence-electron chi connectivity index (χ2n) is 4.91. The first-order valence-electron chi connectivity index (χ1n) is 6.74. The van der Waals surface area contributed by atoms with Gasteiger partial charge in [0.1, 0.15) is 5.75 Å². The number of rotatable bonds is 3. The normalized spacial score (nSPS) is 10.6. The summed E-state index contributed by atoms with van der Waals surface area (Å²) >= 11 is 0. The van der Waals surface area contributed by atoms with Gasteiger partial charge in [-0.15, -0.1) is 0 Å². The van der Waals surface area contributed by atoms with Crippen molar-refractivity contribution in [3.8, 4) is 5.75 Å². The molecule has 2 aromatic carbocycles. The Morgan fingerprint density at radius 3 is 2.76 bits per heavy atom. The summed E-state index contributed by atoms with van der Waals surface area (Å²) in [5.41, 5.74) is 10.6. The van der Waals surface area contributed by atoms with Crippen LogP contribution in [0, 0.1) is 6.92 Å². The number of nitrogens with two attached hydrogens (primary N) is 1. The Morgan fingerprint density at radius 1 is 1.14 bits per heavy atom. The number of pyridine rings is 1. The van der Waals surface area contributed by atoms with Crippen LogP contribution >= 0.6 is 0 Å². The third-order valence-corrected chi connectivity index (χ3v) is 3.48. The Bertz CT molecular complexity index is 799. The van der Waals surface area contributed by atoms with Crippen LogP contribution in [0.1, 0.15) is 5.56 Å². The lowest BCUT2D eigenvalue weighted by molar-refractivity contribution is 0.412. The highest BCUT2D eigenvalue weighted by molar-refractivity contribution is 5.99. The molecule has 1 heterocycles. The van der Waals surface area contributed by atoms with E-state index in [-0.39, 0.29) is 0 Å². The molecule has 1 aromatic heterocycles. The van der Waals surface area contributed by atoms with Crippen LogP contribution in [0.2, 0.25) is 0 Å². The molecule has 0 radical (unpaired) electrons. The number of nitrogen functional groups attached to an aromatic ring is 1. The zero-order chi connectivity index (χ0) is 14.8. The Kier molecular flexibility index (Phi) is 3.36. The standard InChI is InChI=1S/C17H17N3O/c1-11-10-12(5-8-16(11)21-2)20-15-7-6-14(18)13-4-3-9-19-17(13)15/h3-10,20H,18H2,1-2H3. The second kappa shape index (κ2) is 5.32. The van der Waals surface area contributed by atoms with Gasteiger partial charge in [0, 0.05) is 23.0 Å². The van der Waals surface area contributed by atoms with E-state index in [0.29, 0.717) is 0 Å². The van der Waals surface area contributed by atoms with Gasteiger partial charge in [0.15, 0.2) is 0 Å². The van der Waals surface area contributed by atoms with Crippen molar-refractivity contribution in [2.24, 2.45) is 0 Å². The number of aryl methyl sites for hydroxylation is 1. The third-order valence-electron chi connectivity index (χ3n) is 3.48. The van der Waals surface area contributed by atoms with Crippen molar-refractivity contribution in [3.63, 3.8) is 0 Å². The molecule has 4 heteroatoms. The molecule has 3 aromatic rings. The Hall–Kier alpha value is -2.75. The molecule has 0 unspecified atom stereocenters. The van der Waals surface area contributed by atoms with Crippen molar-refractivity contribution in [1.29, 1.82) is 0 Å². The molecule has 4 nitrogen and oxygen atoms in total. The number of nitrogens with zero attached hydrogens (tertiary/aromatic N) is 1. The third kappa shape index (κ3) is 2.48. The van der Waals surface area contributed by atoms with Crippen LogP contribution in [0.25, 0.3) is 10.9 Å². The largest absolute Gasteiger partial charge is 0.496 e. The monoisotopic (exact) mass is 279 g/mol. The highest BCUT2D eigenvalue weighted by Gasteiger charge is 2.06. The minimum atomic E-state index is 0.731. The fraction of sp³-hybridized carbons (Fsp3) is 0.118. The lowest BCUT2D eigenvalue weighted by atomic mass is 10.1. The lowest BCUT2D eigenvalue weighted by Gasteiger charge is -2.12. The van der Waals surface area contributed by atoms with Crippen LogP contribution < -0.4 is 15.8 Å². The summed E-state index contributed by atoms with van der Waals surface area (Å²) in [5.74, 6) is 0.876. The first-order valence-corrected chi connectivity index (χ1v) is 6.74. The van der Waals surface area contributed by atoms with E-state index in [1.807, 2.05) is 49.4 Å². The molecule has 0 saturated heterocycles. The van der Waals surface area contributed by atoms with E-state index in [0.717, 1.165) is 39.3 Å². The average Bonchev–Trinajstić information content (AvgIpc) is 2.51. The molecule has 0 bridgehead atoms. The number of hydrogen-bond acceptors (Lipinski definition) is 4. The summed E-state index contributed by atoms with van der Waals surface area (Å²) in [5, 5.41) is 4.34. The van der Waals surface area contributed by atoms with Gasteiger partial charge in [0.25, 0.3) is 0 Å². The van der Waals surface area contributed by atoms with Gasteiger partial charge >= 0.3 is 0 Å². The fourth-order valence-electron chi connectivity index (χ4n) is 2.41. The highest BCUT2D eigenvalue weighted by atomic mass is 16.5. The number of hydrogen-bond donors (Lipinski definition) is 2. The molecule has 0 atom stereocenters. The SMILES string of the molecule is COc1ccc(Nc2ccc(N)c3cccnc23)cc1C. The van der Waals surface area contributed by atoms with Crippen molar-refractivity contribution >= 4 is 28.0 Å². The number of anilines is 3. The minimum Gasteiger partial charge on any atom is -0.496 e. The van der Waals surface area contributed by atoms with E-state index in [9.17, 15) is 0 Å². The predicted octanol–water partition coefficient (Wildman–Crippen LogP) is 3.88. The molecular formula is C17H17N3O. The van der Waals surface area contributed by atoms with Crippen molar-refractivity contribution in [2.45, 2.75) is 6.92 Å². The summed E-state index contributed by atoms with van der Waals surface area (Å²) in [6.07, 6.45) is 1.77. The molecule has 3 N–H and O–H groups in total. The van der Waals surface area contributed by atoms with E-state index < -0.39 is 0 Å². The molecule has 0 amide bonds. The van der Waals surface area contributed by atoms with Crippen molar-refractivity contribution in [3.05, 3.63) is 54.2 Å². The van der Waals surface area contributed by atoms with E-state index in [4.69, 9.17) is 10.5 Å². The van der Waals surface area contributed by atoms with Crippen molar-refractivity contribution in [2.75, 3.05) is 18.2 Å². The van der Waals surface area contributed by atoms with Crippen LogP contribution in [-0.4, -0.2) is 12.1 Å². The summed E-state index contributed by atoms with van der Waals surface area (Å²) < 4.78 is 5.28. The molecular weight excluding hydrogens is 262 g/mol. The Balaban J connectivity index is 2.02. The summed E-state index contributed by atoms with van der Waals surface area (Å²) in [7, 11) is 1.67. The first-order chi connectivity index (χ1) is 10.2. The lowest BCUT2D eigenvalue weighted by Crippen LogP contribution is -1.96. The maximum absolute atomic E-state index is 6.00. The van der Waals surface area contributed by atoms with E-state index >= 15 is 0 Å². The topological polar surface area (TPSA) is 60.2 Å². The molecule has 21 heavy (non-hydrogen) atoms. The van der Waals surface area contributed by atoms with Gasteiger partial charge < -0.3 is 15.8 Å². The van der Waals surface area contributed by atoms with Crippen LogP contribution in [-0.2, 0) is 0 Å². The van der Waals surface area contributed by atoms with Crippen LogP contribution in [0.5, 0.6) is 5.75 Å². The van der Waals surface area contributed by atoms with Crippen LogP contribution in [0.15, 0.2) is 48.7 Å². The average molecular weight is 279 g/mol. The number of aromatic nitrogens is 1. The quantitative estimate of drug-likeness (QED) is 0.714. The molecule has 0 fully saturated rings. The van der Waals surface area contributed by atoms with Gasteiger partial charge in [-0.05, 0) is 55.0 Å². The number of methoxy groups -OCH3 is 1. The minimum absolute atomic E-state index is 0.731. The van der Waals surface area contributed by atoms with Gasteiger partial charge in [-0.3, -0.25) is 4.98 Å². The molecule has 0 aliphatic heterocycles. The summed E-state index contributed by atoms with van der Waals surface area (Å²) in [6.45, 7) is 2.02. The highest BCUT2D eigenvalue weighted by Crippen LogP contribution is 2.30. The van der Waals surface area contributed by atoms with Crippen LogP contribution in [0.3, 0.4) is 0 Å². The summed E-state index contributed by atoms with van der Waals surface area (Å²) in [4.78, 5) is 4.43. The maximum atomic E-state index is 6.00. The Labute approximate surface area is 123 Å². The number of fused-ring (bicyclic) bond motifs is 1. The van der Waals surface area contributed by atoms with Crippen molar-refractivity contribution in [1.82, 2.24) is 4.98 Å². The predicted molar refractivity (Wildman–Crippen MR) is 87.2 cm³/mol. The number of nitrogens with one attached hydrogen (secondary N) is 1. The van der Waals surface area contributed by atoms with Crippen LogP contribution in [0.4, 0.5) is 17.1 Å². The molecule has 0 saturated carbocycles. The second-order valence-corrected chi connectivity index (χ2v) is 4.91. The Morgan fingerprint density at radius 2 is 2.00 bits per heavy atom. The van der Waals surface area contributed by atoms with Gasteiger partial charge in [0.05, 0.1) is 18.3 Å². The first kappa shape index (κ1) is 13.2. The van der Waals surface area contributed by atoms with Gasteiger partial charge in [0.2, 0.25) is 0 Å². The molecule has 106 valence electrons. The smallest absolute Gasteiger partial charge is 0.121 e. The molecule has 0 spiro atoms. The van der Waals surface area contributed by atoms with Gasteiger partial charge in [-0.25, -0.2) is 0 Å². The van der Waals surface area contributed by atoms with E-state index in [2.05, 4.69) is 10.3 Å². The zero-order valence-electron chi connectivity index (χ0n) is 12.1. The summed E-state index contributed by atoms with van der Waals surface area (Å²) in [6, 6.07) is 13.7.